The molecular weight excluding hydrogens is 418 g/mol. The van der Waals surface area contributed by atoms with E-state index in [9.17, 15) is 9.90 Å². The highest BCUT2D eigenvalue weighted by molar-refractivity contribution is 6.03. The molecular formula is C26H23N3O4. The summed E-state index contributed by atoms with van der Waals surface area (Å²) in [6.45, 7) is 2.04. The molecule has 4 aromatic rings. The molecule has 1 aromatic heterocycles. The molecule has 0 aliphatic carbocycles. The molecule has 0 saturated heterocycles. The fraction of sp³-hybridized carbons (Fsp3) is 0.154. The minimum atomic E-state index is -0.509. The lowest BCUT2D eigenvalue weighted by Crippen LogP contribution is -2.29. The van der Waals surface area contributed by atoms with Gasteiger partial charge < -0.3 is 19.9 Å². The lowest BCUT2D eigenvalue weighted by molar-refractivity contribution is -0.138. The van der Waals surface area contributed by atoms with Crippen LogP contribution in [0.3, 0.4) is 0 Å². The summed E-state index contributed by atoms with van der Waals surface area (Å²) in [6, 6.07) is 21.6. The first-order valence-electron chi connectivity index (χ1n) is 10.7. The maximum absolute atomic E-state index is 13.4. The molecule has 3 aromatic carbocycles. The number of methoxy groups -OCH3 is 1. The largest absolute Gasteiger partial charge is 0.508 e. The van der Waals surface area contributed by atoms with Crippen LogP contribution < -0.4 is 10.1 Å². The SMILES string of the molecule is CCOC(=O)C1=C(c2ccc(OC)cc2)Nc2nc3ccccc3n2[C@H]1c1ccc(O)cc1. The van der Waals surface area contributed by atoms with Crippen molar-refractivity contribution >= 4 is 28.6 Å². The van der Waals surface area contributed by atoms with Gasteiger partial charge in [-0.2, -0.15) is 0 Å². The molecule has 1 aliphatic heterocycles. The minimum Gasteiger partial charge on any atom is -0.508 e. The zero-order chi connectivity index (χ0) is 22.9. The Balaban J connectivity index is 1.80. The van der Waals surface area contributed by atoms with E-state index in [4.69, 9.17) is 14.5 Å². The van der Waals surface area contributed by atoms with Gasteiger partial charge in [-0.05, 0) is 66.6 Å². The van der Waals surface area contributed by atoms with Gasteiger partial charge in [-0.25, -0.2) is 9.78 Å². The summed E-state index contributed by atoms with van der Waals surface area (Å²) in [5, 5.41) is 13.3. The monoisotopic (exact) mass is 441 g/mol. The van der Waals surface area contributed by atoms with Gasteiger partial charge in [0.1, 0.15) is 11.5 Å². The molecule has 1 atom stereocenters. The van der Waals surface area contributed by atoms with Crippen molar-refractivity contribution in [3.63, 3.8) is 0 Å². The molecule has 0 radical (unpaired) electrons. The highest BCUT2D eigenvalue weighted by Crippen LogP contribution is 2.42. The number of carbonyl (C=O) groups excluding carboxylic acids is 1. The Bertz CT molecular complexity index is 1350. The number of imidazole rings is 1. The van der Waals surface area contributed by atoms with Crippen LogP contribution in [-0.4, -0.2) is 34.3 Å². The van der Waals surface area contributed by atoms with Crippen molar-refractivity contribution in [3.8, 4) is 11.5 Å². The standard InChI is InChI=1S/C26H23N3O4/c1-3-33-25(31)22-23(16-10-14-19(32-2)15-11-16)28-26-27-20-6-4-5-7-21(20)29(26)24(22)17-8-12-18(30)13-9-17/h4-15,24,30H,3H2,1-2H3,(H,27,28)/t24-/m0/s1. The van der Waals surface area contributed by atoms with Crippen LogP contribution in [0.15, 0.2) is 78.4 Å². The second kappa shape index (κ2) is 8.35. The average molecular weight is 441 g/mol. The van der Waals surface area contributed by atoms with Crippen LogP contribution in [0, 0.1) is 0 Å². The Morgan fingerprint density at radius 1 is 1.06 bits per heavy atom. The Labute approximate surface area is 190 Å². The molecule has 33 heavy (non-hydrogen) atoms. The van der Waals surface area contributed by atoms with Crippen molar-refractivity contribution < 1.29 is 19.4 Å². The zero-order valence-electron chi connectivity index (χ0n) is 18.3. The van der Waals surface area contributed by atoms with Crippen LogP contribution in [0.25, 0.3) is 16.7 Å². The first kappa shape index (κ1) is 20.6. The van der Waals surface area contributed by atoms with Crippen LogP contribution in [-0.2, 0) is 9.53 Å². The van der Waals surface area contributed by atoms with Gasteiger partial charge in [-0.15, -0.1) is 0 Å². The van der Waals surface area contributed by atoms with Crippen molar-refractivity contribution in [2.24, 2.45) is 0 Å². The van der Waals surface area contributed by atoms with E-state index >= 15 is 0 Å². The third-order valence-corrected chi connectivity index (χ3v) is 5.72. The number of rotatable bonds is 5. The third kappa shape index (κ3) is 3.57. The van der Waals surface area contributed by atoms with Crippen LogP contribution >= 0.6 is 0 Å². The van der Waals surface area contributed by atoms with Gasteiger partial charge in [-0.3, -0.25) is 4.57 Å². The predicted molar refractivity (Wildman–Crippen MR) is 126 cm³/mol. The number of benzene rings is 3. The molecule has 0 amide bonds. The highest BCUT2D eigenvalue weighted by atomic mass is 16.5. The van der Waals surface area contributed by atoms with E-state index in [1.165, 1.54) is 0 Å². The number of anilines is 1. The second-order valence-corrected chi connectivity index (χ2v) is 7.65. The van der Waals surface area contributed by atoms with E-state index in [0.29, 0.717) is 17.2 Å². The number of esters is 1. The van der Waals surface area contributed by atoms with Gasteiger partial charge in [0.25, 0.3) is 0 Å². The average Bonchev–Trinajstić information content (AvgIpc) is 3.22. The molecule has 2 heterocycles. The number of para-hydroxylation sites is 2. The van der Waals surface area contributed by atoms with Crippen molar-refractivity contribution in [3.05, 3.63) is 89.5 Å². The maximum Gasteiger partial charge on any atom is 0.338 e. The molecule has 1 aliphatic rings. The van der Waals surface area contributed by atoms with Gasteiger partial charge in [-0.1, -0.05) is 24.3 Å². The first-order valence-corrected chi connectivity index (χ1v) is 10.7. The number of phenolic OH excluding ortho intramolecular Hbond substituents is 1. The molecule has 0 unspecified atom stereocenters. The number of aromatic hydroxyl groups is 1. The van der Waals surface area contributed by atoms with Crippen molar-refractivity contribution in [2.45, 2.75) is 13.0 Å². The van der Waals surface area contributed by atoms with Gasteiger partial charge >= 0.3 is 5.97 Å². The molecule has 5 rings (SSSR count). The lowest BCUT2D eigenvalue weighted by Gasteiger charge is -2.31. The summed E-state index contributed by atoms with van der Waals surface area (Å²) in [5.74, 6) is 1.07. The summed E-state index contributed by atoms with van der Waals surface area (Å²) < 4.78 is 12.8. The number of ether oxygens (including phenoxy) is 2. The summed E-state index contributed by atoms with van der Waals surface area (Å²) in [6.07, 6.45) is 0. The van der Waals surface area contributed by atoms with E-state index in [-0.39, 0.29) is 12.4 Å². The van der Waals surface area contributed by atoms with Gasteiger partial charge in [0.05, 0.1) is 42.1 Å². The Kier molecular flexibility index (Phi) is 5.22. The number of nitrogens with one attached hydrogen (secondary N) is 1. The van der Waals surface area contributed by atoms with Crippen molar-refractivity contribution in [1.82, 2.24) is 9.55 Å². The lowest BCUT2D eigenvalue weighted by atomic mass is 9.92. The van der Waals surface area contributed by atoms with E-state index in [2.05, 4.69) is 5.32 Å². The highest BCUT2D eigenvalue weighted by Gasteiger charge is 2.36. The van der Waals surface area contributed by atoms with Gasteiger partial charge in [0.2, 0.25) is 5.95 Å². The van der Waals surface area contributed by atoms with Crippen LogP contribution in [0.1, 0.15) is 24.1 Å². The fourth-order valence-electron chi connectivity index (χ4n) is 4.22. The molecule has 0 spiro atoms. The van der Waals surface area contributed by atoms with Gasteiger partial charge in [0, 0.05) is 0 Å². The van der Waals surface area contributed by atoms with E-state index in [1.54, 1.807) is 26.2 Å². The number of carbonyl (C=O) groups is 1. The predicted octanol–water partition coefficient (Wildman–Crippen LogP) is 4.74. The molecule has 7 nitrogen and oxygen atoms in total. The molecule has 2 N–H and O–H groups in total. The van der Waals surface area contributed by atoms with Crippen molar-refractivity contribution in [1.29, 1.82) is 0 Å². The normalized spacial score (nSPS) is 15.2. The number of fused-ring (bicyclic) bond motifs is 3. The summed E-state index contributed by atoms with van der Waals surface area (Å²) in [4.78, 5) is 18.2. The summed E-state index contributed by atoms with van der Waals surface area (Å²) in [7, 11) is 1.61. The Hall–Kier alpha value is -4.26. The second-order valence-electron chi connectivity index (χ2n) is 7.65. The number of nitrogens with zero attached hydrogens (tertiary/aromatic N) is 2. The van der Waals surface area contributed by atoms with E-state index in [0.717, 1.165) is 27.9 Å². The molecule has 0 saturated carbocycles. The van der Waals surface area contributed by atoms with Crippen LogP contribution in [0.2, 0.25) is 0 Å². The molecule has 166 valence electrons. The van der Waals surface area contributed by atoms with E-state index in [1.807, 2.05) is 65.2 Å². The van der Waals surface area contributed by atoms with E-state index < -0.39 is 12.0 Å². The number of hydrogen-bond acceptors (Lipinski definition) is 6. The third-order valence-electron chi connectivity index (χ3n) is 5.72. The van der Waals surface area contributed by atoms with Gasteiger partial charge in [0.15, 0.2) is 0 Å². The van der Waals surface area contributed by atoms with Crippen LogP contribution in [0.5, 0.6) is 11.5 Å². The first-order chi connectivity index (χ1) is 16.1. The fourth-order valence-corrected chi connectivity index (χ4v) is 4.22. The quantitative estimate of drug-likeness (QED) is 0.435. The minimum absolute atomic E-state index is 0.153. The summed E-state index contributed by atoms with van der Waals surface area (Å²) in [5.41, 5.74) is 4.41. The molecule has 0 bridgehead atoms. The maximum atomic E-state index is 13.4. The number of phenols is 1. The Morgan fingerprint density at radius 3 is 2.48 bits per heavy atom. The van der Waals surface area contributed by atoms with Crippen LogP contribution in [0.4, 0.5) is 5.95 Å². The number of hydrogen-bond donors (Lipinski definition) is 2. The molecule has 7 heteroatoms. The summed E-state index contributed by atoms with van der Waals surface area (Å²) >= 11 is 0. The molecule has 0 fully saturated rings. The Morgan fingerprint density at radius 2 is 1.79 bits per heavy atom. The topological polar surface area (TPSA) is 85.6 Å². The smallest absolute Gasteiger partial charge is 0.338 e. The van der Waals surface area contributed by atoms with Crippen molar-refractivity contribution in [2.75, 3.05) is 19.0 Å². The number of aromatic nitrogens is 2. The zero-order valence-corrected chi connectivity index (χ0v) is 18.3.